The van der Waals surface area contributed by atoms with Crippen LogP contribution >= 0.6 is 0 Å². The first-order chi connectivity index (χ1) is 9.27. The lowest BCUT2D eigenvalue weighted by Gasteiger charge is -2.45. The highest BCUT2D eigenvalue weighted by molar-refractivity contribution is 4.95. The van der Waals surface area contributed by atoms with Crippen LogP contribution < -0.4 is 0 Å². The van der Waals surface area contributed by atoms with Gasteiger partial charge in [-0.3, -0.25) is 0 Å². The van der Waals surface area contributed by atoms with Crippen LogP contribution in [0.5, 0.6) is 0 Å². The van der Waals surface area contributed by atoms with Crippen molar-refractivity contribution in [1.82, 2.24) is 0 Å². The van der Waals surface area contributed by atoms with E-state index >= 15 is 0 Å². The molecule has 2 saturated carbocycles. The molecule has 2 nitrogen and oxygen atoms in total. The van der Waals surface area contributed by atoms with Crippen LogP contribution in [-0.4, -0.2) is 12.2 Å². The van der Waals surface area contributed by atoms with Gasteiger partial charge in [-0.2, -0.15) is 0 Å². The lowest BCUT2D eigenvalue weighted by Crippen LogP contribution is -2.43. The van der Waals surface area contributed by atoms with Gasteiger partial charge in [-0.1, -0.05) is 32.6 Å². The maximum absolute atomic E-state index is 6.30. The molecule has 0 spiro atoms. The Labute approximate surface area is 118 Å². The fourth-order valence-electron chi connectivity index (χ4n) is 3.84. The lowest BCUT2D eigenvalue weighted by molar-refractivity contribution is -0.130. The smallest absolute Gasteiger partial charge is 0.272 e. The minimum atomic E-state index is 0.0451. The monoisotopic (exact) mass is 266 g/mol. The second kappa shape index (κ2) is 7.21. The van der Waals surface area contributed by atoms with Crippen molar-refractivity contribution < 1.29 is 9.47 Å². The summed E-state index contributed by atoms with van der Waals surface area (Å²) in [6, 6.07) is 0. The molecule has 110 valence electrons. The molecule has 2 heteroatoms. The van der Waals surface area contributed by atoms with E-state index in [1.54, 1.807) is 0 Å². The van der Waals surface area contributed by atoms with Gasteiger partial charge in [0.1, 0.15) is 5.60 Å². The maximum Gasteiger partial charge on any atom is 0.272 e. The lowest BCUT2D eigenvalue weighted by atomic mass is 9.70. The van der Waals surface area contributed by atoms with Crippen molar-refractivity contribution in [1.29, 1.82) is 0 Å². The van der Waals surface area contributed by atoms with E-state index in [1.807, 2.05) is 0 Å². The van der Waals surface area contributed by atoms with Crippen LogP contribution in [0, 0.1) is 5.92 Å². The molecule has 2 aliphatic rings. The van der Waals surface area contributed by atoms with Crippen molar-refractivity contribution in [3.05, 3.63) is 12.5 Å². The third-order valence-electron chi connectivity index (χ3n) is 4.83. The molecule has 0 heterocycles. The van der Waals surface area contributed by atoms with E-state index in [-0.39, 0.29) is 5.60 Å². The van der Waals surface area contributed by atoms with Crippen LogP contribution in [0.15, 0.2) is 12.5 Å². The Balaban J connectivity index is 1.98. The Morgan fingerprint density at radius 2 is 1.68 bits per heavy atom. The van der Waals surface area contributed by atoms with E-state index < -0.39 is 0 Å². The normalized spacial score (nSPS) is 23.8. The maximum atomic E-state index is 6.30. The van der Waals surface area contributed by atoms with Crippen LogP contribution in [0.1, 0.15) is 77.6 Å². The van der Waals surface area contributed by atoms with Crippen LogP contribution in [0.3, 0.4) is 0 Å². The summed E-state index contributed by atoms with van der Waals surface area (Å²) >= 11 is 0. The van der Waals surface area contributed by atoms with Gasteiger partial charge in [0, 0.05) is 0 Å². The van der Waals surface area contributed by atoms with Crippen molar-refractivity contribution in [2.75, 3.05) is 6.61 Å². The molecule has 0 saturated heterocycles. The van der Waals surface area contributed by atoms with Gasteiger partial charge in [0.2, 0.25) is 0 Å². The Kier molecular flexibility index (Phi) is 5.59. The van der Waals surface area contributed by atoms with Gasteiger partial charge in [0.15, 0.2) is 0 Å². The fourth-order valence-corrected chi connectivity index (χ4v) is 3.84. The van der Waals surface area contributed by atoms with Gasteiger partial charge in [0.05, 0.1) is 6.61 Å². The second-order valence-corrected chi connectivity index (χ2v) is 6.28. The number of hydrogen-bond acceptors (Lipinski definition) is 2. The van der Waals surface area contributed by atoms with Gasteiger partial charge < -0.3 is 9.47 Å². The Hall–Kier alpha value is -0.660. The standard InChI is InChI=1S/C17H30O2/c1-3-14-18-15(2)19-17(12-8-5-9-13-17)16-10-6-4-7-11-16/h16H,2-14H2,1H3. The first-order valence-corrected chi connectivity index (χ1v) is 8.27. The quantitative estimate of drug-likeness (QED) is 0.616. The zero-order valence-corrected chi connectivity index (χ0v) is 12.6. The molecular weight excluding hydrogens is 236 g/mol. The zero-order valence-electron chi connectivity index (χ0n) is 12.6. The number of rotatable bonds is 6. The van der Waals surface area contributed by atoms with Crippen molar-refractivity contribution in [3.63, 3.8) is 0 Å². The highest BCUT2D eigenvalue weighted by Crippen LogP contribution is 2.45. The van der Waals surface area contributed by atoms with Gasteiger partial charge >= 0.3 is 0 Å². The minimum Gasteiger partial charge on any atom is -0.466 e. The van der Waals surface area contributed by atoms with E-state index in [9.17, 15) is 0 Å². The highest BCUT2D eigenvalue weighted by Gasteiger charge is 2.42. The van der Waals surface area contributed by atoms with Gasteiger partial charge in [-0.05, 0) is 57.4 Å². The van der Waals surface area contributed by atoms with Gasteiger partial charge in [-0.15, -0.1) is 0 Å². The highest BCUT2D eigenvalue weighted by atomic mass is 16.7. The molecule has 0 amide bonds. The van der Waals surface area contributed by atoms with E-state index in [2.05, 4.69) is 13.5 Å². The molecule has 0 aliphatic heterocycles. The molecule has 2 rings (SSSR count). The summed E-state index contributed by atoms with van der Waals surface area (Å²) in [5, 5.41) is 0. The predicted octanol–water partition coefficient (Wildman–Crippen LogP) is 5.18. The van der Waals surface area contributed by atoms with Gasteiger partial charge in [-0.25, -0.2) is 0 Å². The summed E-state index contributed by atoms with van der Waals surface area (Å²) in [6.07, 6.45) is 14.2. The molecule has 0 bridgehead atoms. The minimum absolute atomic E-state index is 0.0451. The summed E-state index contributed by atoms with van der Waals surface area (Å²) in [6.45, 7) is 6.82. The SMILES string of the molecule is C=C(OCCC)OC1(C2CCCCC2)CCCCC1. The molecule has 0 N–H and O–H groups in total. The molecule has 0 unspecified atom stereocenters. The van der Waals surface area contributed by atoms with Crippen LogP contribution in [0.2, 0.25) is 0 Å². The third kappa shape index (κ3) is 3.90. The topological polar surface area (TPSA) is 18.5 Å². The predicted molar refractivity (Wildman–Crippen MR) is 78.9 cm³/mol. The third-order valence-corrected chi connectivity index (χ3v) is 4.83. The molecule has 2 aliphatic carbocycles. The van der Waals surface area contributed by atoms with E-state index in [1.165, 1.54) is 64.2 Å². The van der Waals surface area contributed by atoms with Crippen LogP contribution in [0.4, 0.5) is 0 Å². The fraction of sp³-hybridized carbons (Fsp3) is 0.882. The van der Waals surface area contributed by atoms with E-state index in [0.29, 0.717) is 5.95 Å². The summed E-state index contributed by atoms with van der Waals surface area (Å²) in [4.78, 5) is 0. The molecule has 0 aromatic carbocycles. The summed E-state index contributed by atoms with van der Waals surface area (Å²) in [7, 11) is 0. The van der Waals surface area contributed by atoms with E-state index in [4.69, 9.17) is 9.47 Å². The average molecular weight is 266 g/mol. The first-order valence-electron chi connectivity index (χ1n) is 8.27. The molecule has 0 radical (unpaired) electrons. The Morgan fingerprint density at radius 3 is 2.32 bits per heavy atom. The molecule has 0 atom stereocenters. The number of hydrogen-bond donors (Lipinski definition) is 0. The second-order valence-electron chi connectivity index (χ2n) is 6.28. The molecule has 19 heavy (non-hydrogen) atoms. The average Bonchev–Trinajstić information content (AvgIpc) is 2.47. The van der Waals surface area contributed by atoms with Crippen molar-refractivity contribution in [3.8, 4) is 0 Å². The largest absolute Gasteiger partial charge is 0.466 e. The zero-order chi connectivity index (χ0) is 13.6. The summed E-state index contributed by atoms with van der Waals surface area (Å²) in [5.74, 6) is 1.29. The van der Waals surface area contributed by atoms with Crippen LogP contribution in [0.25, 0.3) is 0 Å². The number of ether oxygens (including phenoxy) is 2. The summed E-state index contributed by atoms with van der Waals surface area (Å²) < 4.78 is 11.9. The molecule has 0 aromatic heterocycles. The van der Waals surface area contributed by atoms with Crippen molar-refractivity contribution >= 4 is 0 Å². The molecule has 2 fully saturated rings. The van der Waals surface area contributed by atoms with E-state index in [0.717, 1.165) is 18.9 Å². The summed E-state index contributed by atoms with van der Waals surface area (Å²) in [5.41, 5.74) is 0.0451. The van der Waals surface area contributed by atoms with Crippen molar-refractivity contribution in [2.24, 2.45) is 5.92 Å². The Bertz CT molecular complexity index is 273. The molecule has 0 aromatic rings. The molecular formula is C17H30O2. The Morgan fingerprint density at radius 1 is 1.05 bits per heavy atom. The first kappa shape index (κ1) is 14.7. The van der Waals surface area contributed by atoms with Crippen LogP contribution in [-0.2, 0) is 9.47 Å². The van der Waals surface area contributed by atoms with Crippen molar-refractivity contribution in [2.45, 2.75) is 83.2 Å². The van der Waals surface area contributed by atoms with Gasteiger partial charge in [0.25, 0.3) is 5.95 Å².